The highest BCUT2D eigenvalue weighted by Crippen LogP contribution is 2.24. The van der Waals surface area contributed by atoms with E-state index in [-0.39, 0.29) is 0 Å². The van der Waals surface area contributed by atoms with Gasteiger partial charge in [-0.15, -0.1) is 0 Å². The second-order valence-corrected chi connectivity index (χ2v) is 4.88. The highest BCUT2D eigenvalue weighted by Gasteiger charge is 2.15. The zero-order chi connectivity index (χ0) is 10.7. The number of rotatable bonds is 3. The molecule has 1 aromatic carbocycles. The van der Waals surface area contributed by atoms with Gasteiger partial charge in [-0.2, -0.15) is 0 Å². The first-order chi connectivity index (χ1) is 7.27. The van der Waals surface area contributed by atoms with E-state index in [4.69, 9.17) is 4.74 Å². The molecule has 0 saturated carbocycles. The summed E-state index contributed by atoms with van der Waals surface area (Å²) in [6.45, 7) is 4.96. The van der Waals surface area contributed by atoms with E-state index < -0.39 is 0 Å². The number of ether oxygens (including phenoxy) is 1. The van der Waals surface area contributed by atoms with Gasteiger partial charge >= 0.3 is 0 Å². The van der Waals surface area contributed by atoms with Gasteiger partial charge in [-0.1, -0.05) is 22.0 Å². The predicted octanol–water partition coefficient (Wildman–Crippen LogP) is 3.21. The first-order valence-corrected chi connectivity index (χ1v) is 6.13. The summed E-state index contributed by atoms with van der Waals surface area (Å²) in [6.07, 6.45) is 1.18. The molecule has 1 saturated heterocycles. The van der Waals surface area contributed by atoms with Gasteiger partial charge in [0.15, 0.2) is 0 Å². The van der Waals surface area contributed by atoms with Crippen LogP contribution in [0.4, 0.5) is 5.69 Å². The van der Waals surface area contributed by atoms with E-state index in [9.17, 15) is 0 Å². The molecule has 2 rings (SSSR count). The van der Waals surface area contributed by atoms with Crippen LogP contribution in [0.2, 0.25) is 0 Å². The number of hydrogen-bond acceptors (Lipinski definition) is 2. The lowest BCUT2D eigenvalue weighted by molar-refractivity contribution is 0.187. The van der Waals surface area contributed by atoms with Crippen LogP contribution in [0.3, 0.4) is 0 Å². The second kappa shape index (κ2) is 4.99. The van der Waals surface area contributed by atoms with Crippen molar-refractivity contribution in [3.05, 3.63) is 28.2 Å². The van der Waals surface area contributed by atoms with Crippen LogP contribution in [0.25, 0.3) is 0 Å². The Labute approximate surface area is 99.1 Å². The molecule has 2 nitrogen and oxygen atoms in total. The third-order valence-electron chi connectivity index (χ3n) is 2.87. The Kier molecular flexibility index (Phi) is 3.65. The van der Waals surface area contributed by atoms with Gasteiger partial charge in [-0.3, -0.25) is 0 Å². The minimum atomic E-state index is 0.670. The average molecular weight is 270 g/mol. The highest BCUT2D eigenvalue weighted by atomic mass is 79.9. The van der Waals surface area contributed by atoms with Crippen molar-refractivity contribution in [2.45, 2.75) is 13.3 Å². The number of nitrogens with one attached hydrogen (secondary N) is 1. The third-order valence-corrected chi connectivity index (χ3v) is 3.73. The zero-order valence-electron chi connectivity index (χ0n) is 8.92. The fraction of sp³-hybridized carbons (Fsp3) is 0.500. The van der Waals surface area contributed by atoms with Crippen LogP contribution in [-0.4, -0.2) is 19.8 Å². The zero-order valence-corrected chi connectivity index (χ0v) is 10.5. The molecule has 82 valence electrons. The van der Waals surface area contributed by atoms with Crippen LogP contribution < -0.4 is 5.32 Å². The molecule has 0 aromatic heterocycles. The summed E-state index contributed by atoms with van der Waals surface area (Å²) >= 11 is 3.53. The predicted molar refractivity (Wildman–Crippen MR) is 66.3 cm³/mol. The molecule has 0 radical (unpaired) electrons. The quantitative estimate of drug-likeness (QED) is 0.910. The van der Waals surface area contributed by atoms with Crippen molar-refractivity contribution < 1.29 is 4.74 Å². The molecule has 1 fully saturated rings. The Morgan fingerprint density at radius 2 is 2.40 bits per heavy atom. The molecule has 0 aliphatic carbocycles. The summed E-state index contributed by atoms with van der Waals surface area (Å²) in [4.78, 5) is 0. The monoisotopic (exact) mass is 269 g/mol. The highest BCUT2D eigenvalue weighted by molar-refractivity contribution is 9.10. The summed E-state index contributed by atoms with van der Waals surface area (Å²) in [6, 6.07) is 6.25. The first kappa shape index (κ1) is 11.0. The van der Waals surface area contributed by atoms with Crippen molar-refractivity contribution in [3.8, 4) is 0 Å². The summed E-state index contributed by atoms with van der Waals surface area (Å²) in [5.41, 5.74) is 2.49. The lowest BCUT2D eigenvalue weighted by Gasteiger charge is -2.13. The molecule has 1 aromatic rings. The molecular weight excluding hydrogens is 254 g/mol. The normalized spacial score (nSPS) is 20.5. The minimum Gasteiger partial charge on any atom is -0.384 e. The number of hydrogen-bond donors (Lipinski definition) is 1. The molecule has 1 aliphatic rings. The second-order valence-electron chi connectivity index (χ2n) is 4.02. The maximum absolute atomic E-state index is 5.35. The van der Waals surface area contributed by atoms with Crippen molar-refractivity contribution in [1.82, 2.24) is 0 Å². The summed E-state index contributed by atoms with van der Waals surface area (Å²) in [5, 5.41) is 3.49. The van der Waals surface area contributed by atoms with E-state index in [0.717, 1.165) is 24.2 Å². The number of anilines is 1. The van der Waals surface area contributed by atoms with Gasteiger partial charge in [0.1, 0.15) is 0 Å². The van der Waals surface area contributed by atoms with E-state index >= 15 is 0 Å². The Balaban J connectivity index is 1.95. The molecule has 1 unspecified atom stereocenters. The lowest BCUT2D eigenvalue weighted by Crippen LogP contribution is -2.14. The summed E-state index contributed by atoms with van der Waals surface area (Å²) < 4.78 is 6.51. The van der Waals surface area contributed by atoms with Crippen molar-refractivity contribution in [3.63, 3.8) is 0 Å². The van der Waals surface area contributed by atoms with E-state index in [1.165, 1.54) is 17.7 Å². The molecule has 1 aliphatic heterocycles. The summed E-state index contributed by atoms with van der Waals surface area (Å²) in [5.74, 6) is 0.670. The van der Waals surface area contributed by atoms with Gasteiger partial charge in [-0.05, 0) is 31.0 Å². The molecular formula is C12H16BrNO. The standard InChI is InChI=1S/C12H16BrNO/c1-9-11(13)3-2-4-12(9)14-7-10-5-6-15-8-10/h2-4,10,14H,5-8H2,1H3. The van der Waals surface area contributed by atoms with Crippen LogP contribution in [0.15, 0.2) is 22.7 Å². The first-order valence-electron chi connectivity index (χ1n) is 5.34. The minimum absolute atomic E-state index is 0.670. The lowest BCUT2D eigenvalue weighted by atomic mass is 10.1. The smallest absolute Gasteiger partial charge is 0.0511 e. The Morgan fingerprint density at radius 3 is 3.13 bits per heavy atom. The Hall–Kier alpha value is -0.540. The van der Waals surface area contributed by atoms with Gasteiger partial charge < -0.3 is 10.1 Å². The van der Waals surface area contributed by atoms with Gasteiger partial charge in [0.25, 0.3) is 0 Å². The van der Waals surface area contributed by atoms with Crippen LogP contribution in [-0.2, 0) is 4.74 Å². The maximum Gasteiger partial charge on any atom is 0.0511 e. The van der Waals surface area contributed by atoms with Crippen LogP contribution >= 0.6 is 15.9 Å². The molecule has 15 heavy (non-hydrogen) atoms. The van der Waals surface area contributed by atoms with E-state index in [1.54, 1.807) is 0 Å². The van der Waals surface area contributed by atoms with Crippen LogP contribution in [0.1, 0.15) is 12.0 Å². The molecule has 0 bridgehead atoms. The van der Waals surface area contributed by atoms with Crippen LogP contribution in [0.5, 0.6) is 0 Å². The van der Waals surface area contributed by atoms with Gasteiger partial charge in [0.05, 0.1) is 6.61 Å². The SMILES string of the molecule is Cc1c(Br)cccc1NCC1CCOC1. The Bertz CT molecular complexity index is 334. The molecule has 1 atom stereocenters. The van der Waals surface area contributed by atoms with E-state index in [0.29, 0.717) is 5.92 Å². The molecule has 0 spiro atoms. The fourth-order valence-corrected chi connectivity index (χ4v) is 2.16. The fourth-order valence-electron chi connectivity index (χ4n) is 1.80. The molecule has 3 heteroatoms. The van der Waals surface area contributed by atoms with Crippen molar-refractivity contribution in [2.75, 3.05) is 25.1 Å². The number of benzene rings is 1. The molecule has 1 N–H and O–H groups in total. The van der Waals surface area contributed by atoms with Crippen molar-refractivity contribution in [1.29, 1.82) is 0 Å². The van der Waals surface area contributed by atoms with E-state index in [1.807, 2.05) is 0 Å². The van der Waals surface area contributed by atoms with Gasteiger partial charge in [0, 0.05) is 29.2 Å². The average Bonchev–Trinajstić information content (AvgIpc) is 2.73. The largest absolute Gasteiger partial charge is 0.384 e. The van der Waals surface area contributed by atoms with Crippen molar-refractivity contribution in [2.24, 2.45) is 5.92 Å². The van der Waals surface area contributed by atoms with Gasteiger partial charge in [0.2, 0.25) is 0 Å². The topological polar surface area (TPSA) is 21.3 Å². The Morgan fingerprint density at radius 1 is 1.53 bits per heavy atom. The van der Waals surface area contributed by atoms with Gasteiger partial charge in [-0.25, -0.2) is 0 Å². The maximum atomic E-state index is 5.35. The van der Waals surface area contributed by atoms with Crippen molar-refractivity contribution >= 4 is 21.6 Å². The summed E-state index contributed by atoms with van der Waals surface area (Å²) in [7, 11) is 0. The molecule has 1 heterocycles. The van der Waals surface area contributed by atoms with Crippen LogP contribution in [0, 0.1) is 12.8 Å². The van der Waals surface area contributed by atoms with E-state index in [2.05, 4.69) is 46.4 Å². The number of halogens is 1. The molecule has 0 amide bonds. The third kappa shape index (κ3) is 2.73.